The van der Waals surface area contributed by atoms with Gasteiger partial charge in [0, 0.05) is 12.6 Å². The normalized spacial score (nSPS) is 29.1. The molecule has 1 unspecified atom stereocenters. The van der Waals surface area contributed by atoms with Crippen molar-refractivity contribution in [2.75, 3.05) is 13.6 Å². The number of likely N-dealkylation sites (tertiary alicyclic amines) is 1. The second-order valence-corrected chi connectivity index (χ2v) is 3.19. The van der Waals surface area contributed by atoms with Gasteiger partial charge in [-0.15, -0.1) is 0 Å². The number of carboxylic acids is 1. The van der Waals surface area contributed by atoms with Crippen LogP contribution < -0.4 is 0 Å². The maximum atomic E-state index is 12.8. The Morgan fingerprint density at radius 3 is 2.67 bits per heavy atom. The summed E-state index contributed by atoms with van der Waals surface area (Å²) >= 11 is 0. The number of carboxylic acid groups (broad SMARTS) is 1. The molecule has 0 spiro atoms. The molecule has 0 aliphatic carbocycles. The maximum Gasteiger partial charge on any atom is 0.364 e. The highest BCUT2D eigenvalue weighted by molar-refractivity contribution is 5.85. The van der Waals surface area contributed by atoms with E-state index >= 15 is 0 Å². The predicted molar refractivity (Wildman–Crippen MR) is 42.5 cm³/mol. The third kappa shape index (κ3) is 1.64. The van der Waals surface area contributed by atoms with Crippen LogP contribution in [-0.4, -0.2) is 35.6 Å². The Morgan fingerprint density at radius 1 is 1.75 bits per heavy atom. The van der Waals surface area contributed by atoms with Crippen LogP contribution in [0.4, 0.5) is 4.39 Å². The van der Waals surface area contributed by atoms with Crippen LogP contribution in [-0.2, 0) is 4.79 Å². The van der Waals surface area contributed by atoms with Crippen molar-refractivity contribution >= 4 is 5.97 Å². The molecule has 1 aliphatic rings. The van der Waals surface area contributed by atoms with Gasteiger partial charge in [0.1, 0.15) is 0 Å². The lowest BCUT2D eigenvalue weighted by atomic mass is 10.1. The molecule has 12 heavy (non-hydrogen) atoms. The Kier molecular flexibility index (Phi) is 2.47. The molecular formula is C8H12FNO2. The molecular weight excluding hydrogens is 161 g/mol. The SMILES string of the molecule is CC1CC(=C(F)C(=O)O)CN1C. The molecule has 0 amide bonds. The van der Waals surface area contributed by atoms with Gasteiger partial charge in [0.15, 0.2) is 0 Å². The van der Waals surface area contributed by atoms with Gasteiger partial charge in [-0.25, -0.2) is 4.79 Å². The van der Waals surface area contributed by atoms with E-state index in [0.717, 1.165) is 0 Å². The fourth-order valence-corrected chi connectivity index (χ4v) is 1.34. The minimum Gasteiger partial charge on any atom is -0.476 e. The summed E-state index contributed by atoms with van der Waals surface area (Å²) in [6.07, 6.45) is 0.522. The van der Waals surface area contributed by atoms with Gasteiger partial charge in [-0.2, -0.15) is 4.39 Å². The highest BCUT2D eigenvalue weighted by atomic mass is 19.1. The first kappa shape index (κ1) is 9.19. The number of aliphatic carboxylic acids is 1. The summed E-state index contributed by atoms with van der Waals surface area (Å²) in [7, 11) is 1.85. The third-order valence-corrected chi connectivity index (χ3v) is 2.23. The minimum absolute atomic E-state index is 0.241. The van der Waals surface area contributed by atoms with Gasteiger partial charge < -0.3 is 5.11 Å². The van der Waals surface area contributed by atoms with Crippen LogP contribution in [0.5, 0.6) is 0 Å². The molecule has 4 heteroatoms. The van der Waals surface area contributed by atoms with Crippen LogP contribution in [0.15, 0.2) is 11.4 Å². The van der Waals surface area contributed by atoms with Gasteiger partial charge in [-0.1, -0.05) is 0 Å². The number of halogens is 1. The van der Waals surface area contributed by atoms with E-state index in [0.29, 0.717) is 18.5 Å². The third-order valence-electron chi connectivity index (χ3n) is 2.23. The molecule has 1 aliphatic heterocycles. The average Bonchev–Trinajstić information content (AvgIpc) is 2.30. The summed E-state index contributed by atoms with van der Waals surface area (Å²) in [4.78, 5) is 12.2. The van der Waals surface area contributed by atoms with E-state index in [2.05, 4.69) is 0 Å². The van der Waals surface area contributed by atoms with E-state index in [1.807, 2.05) is 18.9 Å². The molecule has 0 aromatic rings. The molecule has 1 rings (SSSR count). The van der Waals surface area contributed by atoms with Crippen molar-refractivity contribution in [1.82, 2.24) is 4.90 Å². The number of rotatable bonds is 1. The first-order valence-electron chi connectivity index (χ1n) is 3.83. The zero-order chi connectivity index (χ0) is 9.30. The second kappa shape index (κ2) is 3.23. The Hall–Kier alpha value is -0.900. The molecule has 1 atom stereocenters. The average molecular weight is 173 g/mol. The molecule has 1 N–H and O–H groups in total. The van der Waals surface area contributed by atoms with E-state index in [4.69, 9.17) is 5.11 Å². The van der Waals surface area contributed by atoms with Crippen LogP contribution >= 0.6 is 0 Å². The van der Waals surface area contributed by atoms with E-state index in [1.54, 1.807) is 0 Å². The summed E-state index contributed by atoms with van der Waals surface area (Å²) in [5.41, 5.74) is 0.400. The van der Waals surface area contributed by atoms with Gasteiger partial charge in [-0.05, 0) is 26.0 Å². The highest BCUT2D eigenvalue weighted by Gasteiger charge is 2.26. The lowest BCUT2D eigenvalue weighted by molar-refractivity contribution is -0.134. The molecule has 3 nitrogen and oxygen atoms in total. The zero-order valence-corrected chi connectivity index (χ0v) is 7.17. The molecule has 0 aromatic heterocycles. The number of carbonyl (C=O) groups is 1. The lowest BCUT2D eigenvalue weighted by Crippen LogP contribution is -2.21. The summed E-state index contributed by atoms with van der Waals surface area (Å²) < 4.78 is 12.8. The summed E-state index contributed by atoms with van der Waals surface area (Å²) in [6, 6.07) is 0.241. The van der Waals surface area contributed by atoms with Crippen LogP contribution in [0.1, 0.15) is 13.3 Å². The first-order chi connectivity index (χ1) is 5.52. The molecule has 0 bridgehead atoms. The van der Waals surface area contributed by atoms with Crippen LogP contribution in [0, 0.1) is 0 Å². The van der Waals surface area contributed by atoms with E-state index in [-0.39, 0.29) is 6.04 Å². The quantitative estimate of drug-likeness (QED) is 0.602. The molecule has 0 radical (unpaired) electrons. The first-order valence-corrected chi connectivity index (χ1v) is 3.83. The molecule has 0 saturated carbocycles. The molecule has 68 valence electrons. The van der Waals surface area contributed by atoms with Crippen molar-refractivity contribution in [1.29, 1.82) is 0 Å². The van der Waals surface area contributed by atoms with Crippen molar-refractivity contribution in [3.05, 3.63) is 11.4 Å². The van der Waals surface area contributed by atoms with E-state index in [9.17, 15) is 9.18 Å². The van der Waals surface area contributed by atoms with Crippen molar-refractivity contribution in [3.8, 4) is 0 Å². The number of hydrogen-bond acceptors (Lipinski definition) is 2. The minimum atomic E-state index is -1.45. The Balaban J connectivity index is 2.79. The summed E-state index contributed by atoms with van der Waals surface area (Å²) in [6.45, 7) is 2.38. The van der Waals surface area contributed by atoms with Crippen LogP contribution in [0.25, 0.3) is 0 Å². The summed E-state index contributed by atoms with van der Waals surface area (Å²) in [5.74, 6) is -2.43. The second-order valence-electron chi connectivity index (χ2n) is 3.19. The molecule has 0 aromatic carbocycles. The molecule has 1 saturated heterocycles. The van der Waals surface area contributed by atoms with Gasteiger partial charge in [-0.3, -0.25) is 4.90 Å². The van der Waals surface area contributed by atoms with Crippen molar-refractivity contribution in [2.24, 2.45) is 0 Å². The zero-order valence-electron chi connectivity index (χ0n) is 7.17. The topological polar surface area (TPSA) is 40.5 Å². The van der Waals surface area contributed by atoms with Crippen molar-refractivity contribution in [3.63, 3.8) is 0 Å². The van der Waals surface area contributed by atoms with Crippen LogP contribution in [0.3, 0.4) is 0 Å². The monoisotopic (exact) mass is 173 g/mol. The number of hydrogen-bond donors (Lipinski definition) is 1. The molecule has 1 fully saturated rings. The number of nitrogens with zero attached hydrogens (tertiary/aromatic N) is 1. The molecule has 1 heterocycles. The number of likely N-dealkylation sites (N-methyl/N-ethyl adjacent to an activating group) is 1. The summed E-state index contributed by atoms with van der Waals surface area (Å²) in [5, 5.41) is 8.36. The largest absolute Gasteiger partial charge is 0.476 e. The van der Waals surface area contributed by atoms with E-state index < -0.39 is 11.8 Å². The van der Waals surface area contributed by atoms with Crippen molar-refractivity contribution < 1.29 is 14.3 Å². The Bertz CT molecular complexity index is 225. The van der Waals surface area contributed by atoms with E-state index in [1.165, 1.54) is 0 Å². The smallest absolute Gasteiger partial charge is 0.364 e. The fraction of sp³-hybridized carbons (Fsp3) is 0.625. The van der Waals surface area contributed by atoms with Gasteiger partial charge in [0.2, 0.25) is 5.83 Å². The van der Waals surface area contributed by atoms with Gasteiger partial charge in [0.25, 0.3) is 0 Å². The Labute approximate surface area is 70.5 Å². The standard InChI is InChI=1S/C8H12FNO2/c1-5-3-6(4-10(5)2)7(9)8(11)12/h5H,3-4H2,1-2H3,(H,11,12). The predicted octanol–water partition coefficient (Wildman–Crippen LogP) is 1.02. The fourth-order valence-electron chi connectivity index (χ4n) is 1.34. The van der Waals surface area contributed by atoms with Crippen molar-refractivity contribution in [2.45, 2.75) is 19.4 Å². The maximum absolute atomic E-state index is 12.8. The highest BCUT2D eigenvalue weighted by Crippen LogP contribution is 2.23. The Morgan fingerprint density at radius 2 is 2.33 bits per heavy atom. The van der Waals surface area contributed by atoms with Gasteiger partial charge >= 0.3 is 5.97 Å². The van der Waals surface area contributed by atoms with Crippen LogP contribution in [0.2, 0.25) is 0 Å². The van der Waals surface area contributed by atoms with Gasteiger partial charge in [0.05, 0.1) is 0 Å². The lowest BCUT2D eigenvalue weighted by Gasteiger charge is -2.11.